The molecule has 2 heterocycles. The van der Waals surface area contributed by atoms with Gasteiger partial charge >= 0.3 is 0 Å². The summed E-state index contributed by atoms with van der Waals surface area (Å²) in [6.07, 6.45) is 3.09. The highest BCUT2D eigenvalue weighted by molar-refractivity contribution is 9.10. The zero-order valence-electron chi connectivity index (χ0n) is 9.64. The first kappa shape index (κ1) is 12.5. The van der Waals surface area contributed by atoms with E-state index in [9.17, 15) is 4.79 Å². The SMILES string of the molecule is Cc1cc(NC(=O)c2ncccc2N)cnc1Br. The van der Waals surface area contributed by atoms with Gasteiger partial charge < -0.3 is 11.1 Å². The van der Waals surface area contributed by atoms with Crippen molar-refractivity contribution in [2.24, 2.45) is 0 Å². The zero-order valence-corrected chi connectivity index (χ0v) is 11.2. The van der Waals surface area contributed by atoms with E-state index in [4.69, 9.17) is 5.73 Å². The van der Waals surface area contributed by atoms with Crippen LogP contribution in [0.4, 0.5) is 11.4 Å². The van der Waals surface area contributed by atoms with Crippen LogP contribution in [0.1, 0.15) is 16.1 Å². The largest absolute Gasteiger partial charge is 0.397 e. The number of hydrogen-bond donors (Lipinski definition) is 2. The Bertz CT molecular complexity index is 600. The Morgan fingerprint density at radius 1 is 1.44 bits per heavy atom. The van der Waals surface area contributed by atoms with Crippen LogP contribution in [0.3, 0.4) is 0 Å². The number of amides is 1. The van der Waals surface area contributed by atoms with Crippen molar-refractivity contribution >= 4 is 33.2 Å². The lowest BCUT2D eigenvalue weighted by Crippen LogP contribution is -2.15. The smallest absolute Gasteiger partial charge is 0.276 e. The normalized spacial score (nSPS) is 10.1. The van der Waals surface area contributed by atoms with Crippen LogP contribution in [0.5, 0.6) is 0 Å². The summed E-state index contributed by atoms with van der Waals surface area (Å²) in [5, 5.41) is 2.70. The van der Waals surface area contributed by atoms with Gasteiger partial charge in [0.25, 0.3) is 5.91 Å². The molecule has 6 heteroatoms. The van der Waals surface area contributed by atoms with Crippen molar-refractivity contribution in [3.63, 3.8) is 0 Å². The Morgan fingerprint density at radius 2 is 2.22 bits per heavy atom. The molecule has 0 radical (unpaired) electrons. The van der Waals surface area contributed by atoms with E-state index < -0.39 is 0 Å². The molecule has 0 fully saturated rings. The second-order valence-corrected chi connectivity index (χ2v) is 4.48. The Kier molecular flexibility index (Phi) is 3.57. The molecule has 92 valence electrons. The maximum Gasteiger partial charge on any atom is 0.276 e. The third-order valence-electron chi connectivity index (χ3n) is 2.33. The average molecular weight is 307 g/mol. The van der Waals surface area contributed by atoms with Crippen LogP contribution in [-0.4, -0.2) is 15.9 Å². The quantitative estimate of drug-likeness (QED) is 0.835. The summed E-state index contributed by atoms with van der Waals surface area (Å²) in [6.45, 7) is 1.89. The number of nitrogens with zero attached hydrogens (tertiary/aromatic N) is 2. The van der Waals surface area contributed by atoms with Gasteiger partial charge in [-0.25, -0.2) is 9.97 Å². The summed E-state index contributed by atoms with van der Waals surface area (Å²) in [4.78, 5) is 20.0. The average Bonchev–Trinajstić information content (AvgIpc) is 2.34. The van der Waals surface area contributed by atoms with Crippen LogP contribution in [0, 0.1) is 6.92 Å². The monoisotopic (exact) mass is 306 g/mol. The molecule has 0 aliphatic rings. The Morgan fingerprint density at radius 3 is 2.89 bits per heavy atom. The van der Waals surface area contributed by atoms with Gasteiger partial charge in [0.15, 0.2) is 5.69 Å². The molecule has 0 bridgehead atoms. The minimum absolute atomic E-state index is 0.207. The molecule has 2 aromatic heterocycles. The van der Waals surface area contributed by atoms with Crippen molar-refractivity contribution in [1.29, 1.82) is 0 Å². The molecule has 0 aromatic carbocycles. The molecule has 0 saturated carbocycles. The van der Waals surface area contributed by atoms with Crippen molar-refractivity contribution in [3.8, 4) is 0 Å². The molecular weight excluding hydrogens is 296 g/mol. The molecule has 0 aliphatic carbocycles. The van der Waals surface area contributed by atoms with Crippen LogP contribution >= 0.6 is 15.9 Å². The number of halogens is 1. The van der Waals surface area contributed by atoms with Crippen molar-refractivity contribution in [2.75, 3.05) is 11.1 Å². The van der Waals surface area contributed by atoms with E-state index >= 15 is 0 Å². The number of hydrogen-bond acceptors (Lipinski definition) is 4. The number of pyridine rings is 2. The van der Waals surface area contributed by atoms with Crippen molar-refractivity contribution < 1.29 is 4.79 Å². The molecule has 2 aromatic rings. The fourth-order valence-corrected chi connectivity index (χ4v) is 1.64. The Hall–Kier alpha value is -1.95. The van der Waals surface area contributed by atoms with Crippen LogP contribution in [0.25, 0.3) is 0 Å². The Balaban J connectivity index is 2.22. The van der Waals surface area contributed by atoms with Crippen LogP contribution in [0.2, 0.25) is 0 Å². The summed E-state index contributed by atoms with van der Waals surface area (Å²) < 4.78 is 0.748. The highest BCUT2D eigenvalue weighted by Crippen LogP contribution is 2.18. The molecular formula is C12H11BrN4O. The van der Waals surface area contributed by atoms with Crippen LogP contribution in [0.15, 0.2) is 35.2 Å². The molecule has 0 unspecified atom stereocenters. The fraction of sp³-hybridized carbons (Fsp3) is 0.0833. The summed E-state index contributed by atoms with van der Waals surface area (Å²) in [7, 11) is 0. The summed E-state index contributed by atoms with van der Waals surface area (Å²) in [5.41, 5.74) is 7.77. The topological polar surface area (TPSA) is 80.9 Å². The van der Waals surface area contributed by atoms with Crippen LogP contribution in [-0.2, 0) is 0 Å². The molecule has 1 amide bonds. The number of carbonyl (C=O) groups excluding carboxylic acids is 1. The van der Waals surface area contributed by atoms with Crippen molar-refractivity contribution in [3.05, 3.63) is 46.5 Å². The summed E-state index contributed by atoms with van der Waals surface area (Å²) >= 11 is 3.30. The van der Waals surface area contributed by atoms with E-state index in [1.165, 1.54) is 6.20 Å². The lowest BCUT2D eigenvalue weighted by molar-refractivity contribution is 0.102. The highest BCUT2D eigenvalue weighted by atomic mass is 79.9. The number of nitrogen functional groups attached to an aromatic ring is 1. The lowest BCUT2D eigenvalue weighted by atomic mass is 10.2. The molecule has 0 spiro atoms. The second-order valence-electron chi connectivity index (χ2n) is 3.73. The van der Waals surface area contributed by atoms with Gasteiger partial charge in [-0.2, -0.15) is 0 Å². The number of rotatable bonds is 2. The molecule has 2 rings (SSSR count). The van der Waals surface area contributed by atoms with Gasteiger partial charge in [-0.3, -0.25) is 4.79 Å². The van der Waals surface area contributed by atoms with Gasteiger partial charge in [-0.15, -0.1) is 0 Å². The third kappa shape index (κ3) is 2.65. The van der Waals surface area contributed by atoms with E-state index in [1.54, 1.807) is 18.3 Å². The van der Waals surface area contributed by atoms with E-state index in [-0.39, 0.29) is 11.6 Å². The van der Waals surface area contributed by atoms with Gasteiger partial charge in [0.2, 0.25) is 0 Å². The van der Waals surface area contributed by atoms with E-state index in [2.05, 4.69) is 31.2 Å². The van der Waals surface area contributed by atoms with E-state index in [0.29, 0.717) is 11.4 Å². The number of nitrogens with one attached hydrogen (secondary N) is 1. The van der Waals surface area contributed by atoms with Gasteiger partial charge in [0.1, 0.15) is 4.60 Å². The molecule has 0 aliphatic heterocycles. The predicted octanol–water partition coefficient (Wildman–Crippen LogP) is 2.38. The van der Waals surface area contributed by atoms with Crippen LogP contribution < -0.4 is 11.1 Å². The van der Waals surface area contributed by atoms with E-state index in [1.807, 2.05) is 13.0 Å². The number of anilines is 2. The zero-order chi connectivity index (χ0) is 13.1. The molecule has 5 nitrogen and oxygen atoms in total. The molecule has 0 atom stereocenters. The first-order valence-electron chi connectivity index (χ1n) is 5.22. The first-order chi connectivity index (χ1) is 8.58. The van der Waals surface area contributed by atoms with Gasteiger partial charge in [-0.1, -0.05) is 0 Å². The molecule has 0 saturated heterocycles. The summed E-state index contributed by atoms with van der Waals surface area (Å²) in [5.74, 6) is -0.350. The van der Waals surface area contributed by atoms with Gasteiger partial charge in [0.05, 0.1) is 17.6 Å². The fourth-order valence-electron chi connectivity index (χ4n) is 1.42. The Labute approximate surface area is 113 Å². The highest BCUT2D eigenvalue weighted by Gasteiger charge is 2.11. The molecule has 18 heavy (non-hydrogen) atoms. The minimum Gasteiger partial charge on any atom is -0.397 e. The maximum absolute atomic E-state index is 11.9. The van der Waals surface area contributed by atoms with Gasteiger partial charge in [-0.05, 0) is 46.6 Å². The lowest BCUT2D eigenvalue weighted by Gasteiger charge is -2.07. The predicted molar refractivity (Wildman–Crippen MR) is 73.3 cm³/mol. The van der Waals surface area contributed by atoms with Gasteiger partial charge in [0, 0.05) is 6.20 Å². The molecule has 3 N–H and O–H groups in total. The van der Waals surface area contributed by atoms with Crippen molar-refractivity contribution in [1.82, 2.24) is 9.97 Å². The maximum atomic E-state index is 11.9. The second kappa shape index (κ2) is 5.14. The standard InChI is InChI=1S/C12H11BrN4O/c1-7-5-8(6-16-11(7)13)17-12(18)10-9(14)3-2-4-15-10/h2-6H,14H2,1H3,(H,17,18). The third-order valence-corrected chi connectivity index (χ3v) is 3.16. The number of aryl methyl sites for hydroxylation is 1. The number of aromatic nitrogens is 2. The number of nitrogens with two attached hydrogens (primary N) is 1. The van der Waals surface area contributed by atoms with E-state index in [0.717, 1.165) is 10.2 Å². The van der Waals surface area contributed by atoms with Crippen molar-refractivity contribution in [2.45, 2.75) is 6.92 Å². The minimum atomic E-state index is -0.350. The number of carbonyl (C=O) groups is 1. The first-order valence-corrected chi connectivity index (χ1v) is 6.01. The summed E-state index contributed by atoms with van der Waals surface area (Å²) in [6, 6.07) is 5.12.